The number of nitrogens with zero attached hydrogens (tertiary/aromatic N) is 4. The zero-order valence-corrected chi connectivity index (χ0v) is 17.6. The fraction of sp³-hybridized carbons (Fsp3) is 0.565. The van der Waals surface area contributed by atoms with E-state index in [1.54, 1.807) is 7.11 Å². The predicted molar refractivity (Wildman–Crippen MR) is 113 cm³/mol. The van der Waals surface area contributed by atoms with Crippen LogP contribution in [0, 0.1) is 0 Å². The Balaban J connectivity index is 1.38. The molecule has 0 amide bonds. The number of hydrogen-bond acceptors (Lipinski definition) is 6. The van der Waals surface area contributed by atoms with Gasteiger partial charge in [0.25, 0.3) is 0 Å². The molecule has 6 heteroatoms. The molecule has 2 aliphatic rings. The maximum atomic E-state index is 5.74. The number of methoxy groups -OCH3 is 1. The molecule has 2 aromatic rings. The van der Waals surface area contributed by atoms with Gasteiger partial charge in [0.05, 0.1) is 12.6 Å². The molecular formula is C23H32N4O2. The van der Waals surface area contributed by atoms with Crippen LogP contribution in [-0.4, -0.2) is 60.2 Å². The van der Waals surface area contributed by atoms with Crippen molar-refractivity contribution in [1.29, 1.82) is 0 Å². The summed E-state index contributed by atoms with van der Waals surface area (Å²) < 4.78 is 10.8. The highest BCUT2D eigenvalue weighted by atomic mass is 16.5. The molecule has 1 fully saturated rings. The van der Waals surface area contributed by atoms with E-state index in [2.05, 4.69) is 41.2 Å². The molecule has 29 heavy (non-hydrogen) atoms. The Kier molecular flexibility index (Phi) is 6.74. The monoisotopic (exact) mass is 396 g/mol. The summed E-state index contributed by atoms with van der Waals surface area (Å²) in [6.07, 6.45) is 6.79. The average molecular weight is 397 g/mol. The lowest BCUT2D eigenvalue weighted by molar-refractivity contribution is 0.146. The zero-order valence-electron chi connectivity index (χ0n) is 17.6. The van der Waals surface area contributed by atoms with Gasteiger partial charge in [-0.05, 0) is 44.1 Å². The molecule has 1 aromatic heterocycles. The fourth-order valence-corrected chi connectivity index (χ4v) is 4.32. The van der Waals surface area contributed by atoms with Crippen molar-refractivity contribution in [3.63, 3.8) is 0 Å². The number of ether oxygens (including phenoxy) is 2. The zero-order chi connectivity index (χ0) is 20.1. The van der Waals surface area contributed by atoms with Crippen LogP contribution in [0.1, 0.15) is 47.9 Å². The Morgan fingerprint density at radius 1 is 1.17 bits per heavy atom. The summed E-state index contributed by atoms with van der Waals surface area (Å²) in [5, 5.41) is 0. The molecule has 0 bridgehead atoms. The first-order valence-electron chi connectivity index (χ1n) is 10.7. The van der Waals surface area contributed by atoms with Gasteiger partial charge >= 0.3 is 0 Å². The SMILES string of the molecule is COCCOc1cccc(CN2CCc3nc(C4CCCCN4C)ncc3C2)c1. The highest BCUT2D eigenvalue weighted by Gasteiger charge is 2.25. The first-order valence-corrected chi connectivity index (χ1v) is 10.7. The van der Waals surface area contributed by atoms with Gasteiger partial charge in [0, 0.05) is 50.6 Å². The number of aromatic nitrogens is 2. The van der Waals surface area contributed by atoms with Crippen molar-refractivity contribution in [1.82, 2.24) is 19.8 Å². The first kappa shape index (κ1) is 20.3. The highest BCUT2D eigenvalue weighted by Crippen LogP contribution is 2.28. The quantitative estimate of drug-likeness (QED) is 0.670. The van der Waals surface area contributed by atoms with Crippen LogP contribution in [0.5, 0.6) is 5.75 Å². The molecule has 0 N–H and O–H groups in total. The third-order valence-electron chi connectivity index (χ3n) is 5.96. The van der Waals surface area contributed by atoms with Crippen molar-refractivity contribution >= 4 is 0 Å². The summed E-state index contributed by atoms with van der Waals surface area (Å²) >= 11 is 0. The third-order valence-corrected chi connectivity index (χ3v) is 5.96. The summed E-state index contributed by atoms with van der Waals surface area (Å²) in [4.78, 5) is 14.6. The van der Waals surface area contributed by atoms with Gasteiger partial charge in [-0.25, -0.2) is 9.97 Å². The van der Waals surface area contributed by atoms with Crippen molar-refractivity contribution in [2.24, 2.45) is 0 Å². The van der Waals surface area contributed by atoms with Gasteiger partial charge in [0.15, 0.2) is 0 Å². The van der Waals surface area contributed by atoms with Crippen molar-refractivity contribution < 1.29 is 9.47 Å². The summed E-state index contributed by atoms with van der Waals surface area (Å²) in [7, 11) is 3.88. The molecule has 2 aliphatic heterocycles. The van der Waals surface area contributed by atoms with Crippen LogP contribution in [0.25, 0.3) is 0 Å². The molecule has 0 radical (unpaired) electrons. The van der Waals surface area contributed by atoms with Crippen LogP contribution >= 0.6 is 0 Å². The van der Waals surface area contributed by atoms with Crippen molar-refractivity contribution in [2.75, 3.05) is 40.5 Å². The molecular weight excluding hydrogens is 364 g/mol. The number of benzene rings is 1. The van der Waals surface area contributed by atoms with Gasteiger partial charge in [-0.15, -0.1) is 0 Å². The lowest BCUT2D eigenvalue weighted by atomic mass is 10.0. The molecule has 4 rings (SSSR count). The largest absolute Gasteiger partial charge is 0.491 e. The smallest absolute Gasteiger partial charge is 0.145 e. The molecule has 1 aromatic carbocycles. The number of fused-ring (bicyclic) bond motifs is 1. The van der Waals surface area contributed by atoms with Gasteiger partial charge in [0.2, 0.25) is 0 Å². The van der Waals surface area contributed by atoms with Gasteiger partial charge < -0.3 is 9.47 Å². The molecule has 0 saturated carbocycles. The van der Waals surface area contributed by atoms with Crippen LogP contribution in [0.2, 0.25) is 0 Å². The van der Waals surface area contributed by atoms with Gasteiger partial charge in [-0.1, -0.05) is 18.6 Å². The predicted octanol–water partition coefficient (Wildman–Crippen LogP) is 3.22. The van der Waals surface area contributed by atoms with E-state index < -0.39 is 0 Å². The molecule has 3 heterocycles. The minimum atomic E-state index is 0.382. The maximum Gasteiger partial charge on any atom is 0.145 e. The molecule has 156 valence electrons. The Morgan fingerprint density at radius 2 is 2.10 bits per heavy atom. The van der Waals surface area contributed by atoms with Crippen LogP contribution in [-0.2, 0) is 24.2 Å². The number of rotatable bonds is 7. The Morgan fingerprint density at radius 3 is 2.97 bits per heavy atom. The topological polar surface area (TPSA) is 50.7 Å². The van der Waals surface area contributed by atoms with Crippen LogP contribution < -0.4 is 4.74 Å². The first-order chi connectivity index (χ1) is 14.2. The minimum absolute atomic E-state index is 0.382. The summed E-state index contributed by atoms with van der Waals surface area (Å²) in [5.74, 6) is 1.92. The van der Waals surface area contributed by atoms with E-state index in [1.807, 2.05) is 6.07 Å². The van der Waals surface area contributed by atoms with E-state index in [1.165, 1.54) is 36.1 Å². The Labute approximate surface area is 173 Å². The van der Waals surface area contributed by atoms with Gasteiger partial charge in [-0.2, -0.15) is 0 Å². The molecule has 0 aliphatic carbocycles. The molecule has 1 unspecified atom stereocenters. The van der Waals surface area contributed by atoms with E-state index in [0.717, 1.165) is 44.2 Å². The second kappa shape index (κ2) is 9.65. The number of hydrogen-bond donors (Lipinski definition) is 0. The van der Waals surface area contributed by atoms with Crippen LogP contribution in [0.3, 0.4) is 0 Å². The highest BCUT2D eigenvalue weighted by molar-refractivity contribution is 5.29. The molecule has 6 nitrogen and oxygen atoms in total. The lowest BCUT2D eigenvalue weighted by Crippen LogP contribution is -2.33. The van der Waals surface area contributed by atoms with E-state index in [9.17, 15) is 0 Å². The maximum absolute atomic E-state index is 5.74. The van der Waals surface area contributed by atoms with Gasteiger partial charge in [-0.3, -0.25) is 9.80 Å². The normalized spacial score (nSPS) is 20.4. The fourth-order valence-electron chi connectivity index (χ4n) is 4.32. The second-order valence-electron chi connectivity index (χ2n) is 8.14. The number of likely N-dealkylation sites (tertiary alicyclic amines) is 1. The summed E-state index contributed by atoms with van der Waals surface area (Å²) in [6, 6.07) is 8.74. The Hall–Kier alpha value is -2.02. The second-order valence-corrected chi connectivity index (χ2v) is 8.14. The van der Waals surface area contributed by atoms with Crippen LogP contribution in [0.4, 0.5) is 0 Å². The average Bonchev–Trinajstić information content (AvgIpc) is 2.74. The Bertz CT molecular complexity index is 813. The van der Waals surface area contributed by atoms with Crippen molar-refractivity contribution in [3.8, 4) is 5.75 Å². The summed E-state index contributed by atoms with van der Waals surface area (Å²) in [5.41, 5.74) is 3.78. The van der Waals surface area contributed by atoms with Gasteiger partial charge in [0.1, 0.15) is 18.2 Å². The third kappa shape index (κ3) is 5.13. The van der Waals surface area contributed by atoms with Crippen molar-refractivity contribution in [2.45, 2.75) is 44.8 Å². The van der Waals surface area contributed by atoms with E-state index in [0.29, 0.717) is 19.3 Å². The minimum Gasteiger partial charge on any atom is -0.491 e. The molecule has 1 saturated heterocycles. The standard InChI is InChI=1S/C23H32N4O2/c1-26-10-4-3-8-22(26)23-24-15-19-17-27(11-9-21(19)25-23)16-18-6-5-7-20(14-18)29-13-12-28-2/h5-7,14-15,22H,3-4,8-13,16-17H2,1-2H3. The lowest BCUT2D eigenvalue weighted by Gasteiger charge is -2.32. The number of piperidine rings is 1. The molecule has 1 atom stereocenters. The van der Waals surface area contributed by atoms with Crippen molar-refractivity contribution in [3.05, 3.63) is 53.1 Å². The van der Waals surface area contributed by atoms with E-state index in [4.69, 9.17) is 19.4 Å². The van der Waals surface area contributed by atoms with Crippen LogP contribution in [0.15, 0.2) is 30.5 Å². The van der Waals surface area contributed by atoms with E-state index >= 15 is 0 Å². The van der Waals surface area contributed by atoms with E-state index in [-0.39, 0.29) is 0 Å². The summed E-state index contributed by atoms with van der Waals surface area (Å²) in [6.45, 7) is 5.17. The molecule has 0 spiro atoms.